The number of aromatic nitrogens is 3. The number of nitrogens with one attached hydrogen (secondary N) is 2. The van der Waals surface area contributed by atoms with Crippen LogP contribution < -0.4 is 10.0 Å². The van der Waals surface area contributed by atoms with Crippen molar-refractivity contribution in [2.45, 2.75) is 19.4 Å². The Balaban J connectivity index is 1.73. The third-order valence-electron chi connectivity index (χ3n) is 3.05. The van der Waals surface area contributed by atoms with Crippen molar-refractivity contribution < 1.29 is 8.42 Å². The Bertz CT molecular complexity index is 439. The highest BCUT2D eigenvalue weighted by Crippen LogP contribution is 2.13. The zero-order valence-corrected chi connectivity index (χ0v) is 11.1. The summed E-state index contributed by atoms with van der Waals surface area (Å²) in [6.45, 7) is 2.69. The minimum atomic E-state index is -3.17. The molecule has 0 atom stereocenters. The van der Waals surface area contributed by atoms with E-state index in [-0.39, 0.29) is 11.7 Å². The van der Waals surface area contributed by atoms with Crippen LogP contribution in [-0.4, -0.2) is 48.8 Å². The second-order valence-corrected chi connectivity index (χ2v) is 6.39. The van der Waals surface area contributed by atoms with Crippen LogP contribution in [0.3, 0.4) is 0 Å². The molecular formula is C10H19N5O2S. The SMILES string of the molecule is O=S(=O)(CC1CCNCC1)NCCn1ccnn1. The van der Waals surface area contributed by atoms with Gasteiger partial charge in [-0.05, 0) is 31.8 Å². The molecule has 18 heavy (non-hydrogen) atoms. The largest absolute Gasteiger partial charge is 0.317 e. The van der Waals surface area contributed by atoms with Gasteiger partial charge >= 0.3 is 0 Å². The summed E-state index contributed by atoms with van der Waals surface area (Å²) in [6, 6.07) is 0. The molecule has 1 aliphatic rings. The molecule has 8 heteroatoms. The molecule has 1 saturated heterocycles. The molecule has 2 N–H and O–H groups in total. The summed E-state index contributed by atoms with van der Waals surface area (Å²) in [5, 5.41) is 10.7. The van der Waals surface area contributed by atoms with E-state index >= 15 is 0 Å². The molecule has 2 rings (SSSR count). The topological polar surface area (TPSA) is 88.9 Å². The molecule has 1 aromatic heterocycles. The first-order valence-electron chi connectivity index (χ1n) is 6.18. The van der Waals surface area contributed by atoms with E-state index in [1.165, 1.54) is 0 Å². The Morgan fingerprint density at radius 1 is 1.39 bits per heavy atom. The first-order chi connectivity index (χ1) is 8.66. The van der Waals surface area contributed by atoms with Crippen molar-refractivity contribution in [1.82, 2.24) is 25.0 Å². The molecule has 0 amide bonds. The van der Waals surface area contributed by atoms with Gasteiger partial charge in [0.05, 0.1) is 18.5 Å². The zero-order chi connectivity index (χ0) is 12.8. The summed E-state index contributed by atoms with van der Waals surface area (Å²) < 4.78 is 27.9. The molecule has 0 unspecified atom stereocenters. The van der Waals surface area contributed by atoms with E-state index < -0.39 is 10.0 Å². The summed E-state index contributed by atoms with van der Waals surface area (Å²) in [6.07, 6.45) is 5.15. The third-order valence-corrected chi connectivity index (χ3v) is 4.60. The second kappa shape index (κ2) is 6.26. The van der Waals surface area contributed by atoms with Crippen molar-refractivity contribution in [3.8, 4) is 0 Å². The van der Waals surface area contributed by atoms with Crippen LogP contribution >= 0.6 is 0 Å². The quantitative estimate of drug-likeness (QED) is 0.708. The van der Waals surface area contributed by atoms with E-state index in [0.717, 1.165) is 25.9 Å². The van der Waals surface area contributed by atoms with Gasteiger partial charge in [0.15, 0.2) is 0 Å². The van der Waals surface area contributed by atoms with Gasteiger partial charge in [0, 0.05) is 12.7 Å². The van der Waals surface area contributed by atoms with Crippen LogP contribution in [0, 0.1) is 5.92 Å². The molecule has 7 nitrogen and oxygen atoms in total. The van der Waals surface area contributed by atoms with Crippen molar-refractivity contribution >= 4 is 10.0 Å². The van der Waals surface area contributed by atoms with E-state index in [0.29, 0.717) is 13.1 Å². The van der Waals surface area contributed by atoms with Crippen molar-refractivity contribution in [3.05, 3.63) is 12.4 Å². The van der Waals surface area contributed by atoms with Crippen molar-refractivity contribution in [2.24, 2.45) is 5.92 Å². The molecule has 0 aliphatic carbocycles. The smallest absolute Gasteiger partial charge is 0.211 e. The molecule has 0 aromatic carbocycles. The van der Waals surface area contributed by atoms with Crippen LogP contribution in [0.4, 0.5) is 0 Å². The van der Waals surface area contributed by atoms with Crippen LogP contribution in [0.2, 0.25) is 0 Å². The Hall–Kier alpha value is -0.990. The molecule has 0 radical (unpaired) electrons. The lowest BCUT2D eigenvalue weighted by atomic mass is 10.0. The fourth-order valence-corrected chi connectivity index (χ4v) is 3.56. The van der Waals surface area contributed by atoms with Gasteiger partial charge in [0.25, 0.3) is 0 Å². The molecular weight excluding hydrogens is 254 g/mol. The van der Waals surface area contributed by atoms with Gasteiger partial charge in [-0.3, -0.25) is 4.68 Å². The fourth-order valence-electron chi connectivity index (χ4n) is 2.09. The lowest BCUT2D eigenvalue weighted by Crippen LogP contribution is -2.36. The fraction of sp³-hybridized carbons (Fsp3) is 0.800. The molecule has 1 aliphatic heterocycles. The third kappa shape index (κ3) is 4.35. The monoisotopic (exact) mass is 273 g/mol. The van der Waals surface area contributed by atoms with Crippen molar-refractivity contribution in [2.75, 3.05) is 25.4 Å². The van der Waals surface area contributed by atoms with E-state index in [1.54, 1.807) is 17.1 Å². The van der Waals surface area contributed by atoms with E-state index in [2.05, 4.69) is 20.4 Å². The van der Waals surface area contributed by atoms with Crippen LogP contribution in [0.1, 0.15) is 12.8 Å². The van der Waals surface area contributed by atoms with Gasteiger partial charge in [0.1, 0.15) is 0 Å². The number of nitrogens with zero attached hydrogens (tertiary/aromatic N) is 3. The van der Waals surface area contributed by atoms with Gasteiger partial charge in [-0.15, -0.1) is 5.10 Å². The lowest BCUT2D eigenvalue weighted by Gasteiger charge is -2.22. The highest BCUT2D eigenvalue weighted by Gasteiger charge is 2.20. The Labute approximate surface area is 107 Å². The average molecular weight is 273 g/mol. The minimum absolute atomic E-state index is 0.228. The van der Waals surface area contributed by atoms with E-state index in [1.807, 2.05) is 0 Å². The highest BCUT2D eigenvalue weighted by atomic mass is 32.2. The van der Waals surface area contributed by atoms with Crippen molar-refractivity contribution in [3.63, 3.8) is 0 Å². The van der Waals surface area contributed by atoms with Crippen LogP contribution in [0.15, 0.2) is 12.4 Å². The molecule has 2 heterocycles. The average Bonchev–Trinajstić information content (AvgIpc) is 2.82. The molecule has 0 spiro atoms. The first-order valence-corrected chi connectivity index (χ1v) is 7.83. The standard InChI is InChI=1S/C10H19N5O2S/c16-18(17,9-10-1-3-11-4-2-10)13-6-8-15-7-5-12-14-15/h5,7,10-11,13H,1-4,6,8-9H2. The zero-order valence-electron chi connectivity index (χ0n) is 10.2. The number of sulfonamides is 1. The van der Waals surface area contributed by atoms with Gasteiger partial charge in [-0.1, -0.05) is 5.21 Å². The Kier molecular flexibility index (Phi) is 4.67. The molecule has 1 fully saturated rings. The van der Waals surface area contributed by atoms with Gasteiger partial charge in [-0.25, -0.2) is 13.1 Å². The maximum atomic E-state index is 11.9. The Morgan fingerprint density at radius 3 is 2.83 bits per heavy atom. The number of hydrogen-bond acceptors (Lipinski definition) is 5. The van der Waals surface area contributed by atoms with Crippen LogP contribution in [0.25, 0.3) is 0 Å². The molecule has 0 bridgehead atoms. The van der Waals surface area contributed by atoms with Gasteiger partial charge in [-0.2, -0.15) is 0 Å². The molecule has 102 valence electrons. The predicted molar refractivity (Wildman–Crippen MR) is 67.4 cm³/mol. The summed E-state index contributed by atoms with van der Waals surface area (Å²) in [5.74, 6) is 0.501. The van der Waals surface area contributed by atoms with Gasteiger partial charge < -0.3 is 5.32 Å². The van der Waals surface area contributed by atoms with E-state index in [4.69, 9.17) is 0 Å². The Morgan fingerprint density at radius 2 is 2.17 bits per heavy atom. The highest BCUT2D eigenvalue weighted by molar-refractivity contribution is 7.89. The van der Waals surface area contributed by atoms with Crippen LogP contribution in [-0.2, 0) is 16.6 Å². The molecule has 0 saturated carbocycles. The number of hydrogen-bond donors (Lipinski definition) is 2. The summed E-state index contributed by atoms with van der Waals surface area (Å²) in [7, 11) is -3.17. The summed E-state index contributed by atoms with van der Waals surface area (Å²) >= 11 is 0. The van der Waals surface area contributed by atoms with Crippen LogP contribution in [0.5, 0.6) is 0 Å². The summed E-state index contributed by atoms with van der Waals surface area (Å²) in [5.41, 5.74) is 0. The lowest BCUT2D eigenvalue weighted by molar-refractivity contribution is 0.400. The van der Waals surface area contributed by atoms with Crippen molar-refractivity contribution in [1.29, 1.82) is 0 Å². The normalized spacial score (nSPS) is 18.0. The second-order valence-electron chi connectivity index (χ2n) is 4.54. The number of piperidine rings is 1. The molecule has 1 aromatic rings. The summed E-state index contributed by atoms with van der Waals surface area (Å²) in [4.78, 5) is 0. The predicted octanol–water partition coefficient (Wildman–Crippen LogP) is -0.803. The van der Waals surface area contributed by atoms with E-state index in [9.17, 15) is 8.42 Å². The minimum Gasteiger partial charge on any atom is -0.317 e. The van der Waals surface area contributed by atoms with Gasteiger partial charge in [0.2, 0.25) is 10.0 Å². The maximum Gasteiger partial charge on any atom is 0.211 e. The number of rotatable bonds is 6. The first kappa shape index (κ1) is 13.4. The maximum absolute atomic E-state index is 11.9.